The summed E-state index contributed by atoms with van der Waals surface area (Å²) >= 11 is 0. The number of hydrogen-bond donors (Lipinski definition) is 3. The Hall–Kier alpha value is -2.29. The number of hydrogen-bond acceptors (Lipinski definition) is 3. The van der Waals surface area contributed by atoms with E-state index in [-0.39, 0.29) is 5.56 Å². The third-order valence-corrected chi connectivity index (χ3v) is 3.69. The zero-order chi connectivity index (χ0) is 20.8. The van der Waals surface area contributed by atoms with Gasteiger partial charge in [-0.2, -0.15) is 13.2 Å². The molecular formula is C19H29F3N4O2. The lowest BCUT2D eigenvalue weighted by Gasteiger charge is -2.12. The van der Waals surface area contributed by atoms with Crippen molar-refractivity contribution in [3.63, 3.8) is 0 Å². The van der Waals surface area contributed by atoms with E-state index in [1.807, 2.05) is 13.8 Å². The Labute approximate surface area is 163 Å². The molecule has 9 heteroatoms. The van der Waals surface area contributed by atoms with Crippen molar-refractivity contribution in [2.45, 2.75) is 32.9 Å². The van der Waals surface area contributed by atoms with Crippen LogP contribution in [-0.2, 0) is 10.9 Å². The average Bonchev–Trinajstić information content (AvgIpc) is 2.67. The maximum absolute atomic E-state index is 12.5. The van der Waals surface area contributed by atoms with Crippen LogP contribution in [0.25, 0.3) is 0 Å². The van der Waals surface area contributed by atoms with Gasteiger partial charge in [0.25, 0.3) is 5.91 Å². The molecule has 0 heterocycles. The molecule has 0 bridgehead atoms. The highest BCUT2D eigenvalue weighted by atomic mass is 19.4. The van der Waals surface area contributed by atoms with Gasteiger partial charge >= 0.3 is 6.18 Å². The number of carbonyl (C=O) groups excluding carboxylic acids is 1. The van der Waals surface area contributed by atoms with Crippen LogP contribution >= 0.6 is 0 Å². The minimum atomic E-state index is -4.41. The SMILES string of the molecule is CCNC(=NCCCCOCC)NCCNC(=O)c1ccc(C(F)(F)F)cc1. The number of unbranched alkanes of at least 4 members (excludes halogenated alkanes) is 1. The summed E-state index contributed by atoms with van der Waals surface area (Å²) in [5.41, 5.74) is -0.596. The van der Waals surface area contributed by atoms with Crippen LogP contribution in [0.3, 0.4) is 0 Å². The van der Waals surface area contributed by atoms with Crippen molar-refractivity contribution in [1.29, 1.82) is 0 Å². The smallest absolute Gasteiger partial charge is 0.382 e. The van der Waals surface area contributed by atoms with Crippen LogP contribution in [0.1, 0.15) is 42.6 Å². The van der Waals surface area contributed by atoms with Gasteiger partial charge in [0, 0.05) is 45.0 Å². The van der Waals surface area contributed by atoms with Gasteiger partial charge in [-0.25, -0.2) is 0 Å². The lowest BCUT2D eigenvalue weighted by Crippen LogP contribution is -2.41. The van der Waals surface area contributed by atoms with Gasteiger partial charge in [0.15, 0.2) is 5.96 Å². The summed E-state index contributed by atoms with van der Waals surface area (Å²) in [5, 5.41) is 8.88. The molecule has 28 heavy (non-hydrogen) atoms. The Morgan fingerprint density at radius 2 is 1.71 bits per heavy atom. The summed E-state index contributed by atoms with van der Waals surface area (Å²) in [5.74, 6) is 0.232. The first-order valence-electron chi connectivity index (χ1n) is 9.43. The summed E-state index contributed by atoms with van der Waals surface area (Å²) in [4.78, 5) is 16.4. The van der Waals surface area contributed by atoms with Crippen LogP contribution in [0.2, 0.25) is 0 Å². The van der Waals surface area contributed by atoms with Crippen molar-refractivity contribution in [3.8, 4) is 0 Å². The molecule has 0 atom stereocenters. The number of alkyl halides is 3. The van der Waals surface area contributed by atoms with Gasteiger partial charge in [0.1, 0.15) is 0 Å². The Kier molecular flexibility index (Phi) is 11.0. The first kappa shape index (κ1) is 23.7. The number of aliphatic imine (C=N–C) groups is 1. The lowest BCUT2D eigenvalue weighted by atomic mass is 10.1. The Bertz CT molecular complexity index is 604. The summed E-state index contributed by atoms with van der Waals surface area (Å²) in [7, 11) is 0. The Balaban J connectivity index is 2.34. The number of halogens is 3. The van der Waals surface area contributed by atoms with Gasteiger partial charge < -0.3 is 20.7 Å². The zero-order valence-electron chi connectivity index (χ0n) is 16.4. The van der Waals surface area contributed by atoms with E-state index in [1.54, 1.807) is 0 Å². The van der Waals surface area contributed by atoms with Crippen molar-refractivity contribution < 1.29 is 22.7 Å². The van der Waals surface area contributed by atoms with Gasteiger partial charge in [-0.05, 0) is 51.0 Å². The van der Waals surface area contributed by atoms with E-state index in [4.69, 9.17) is 4.74 Å². The second-order valence-electron chi connectivity index (χ2n) is 5.92. The topological polar surface area (TPSA) is 74.8 Å². The van der Waals surface area contributed by atoms with E-state index in [0.717, 1.165) is 31.6 Å². The maximum Gasteiger partial charge on any atom is 0.416 e. The normalized spacial score (nSPS) is 12.0. The van der Waals surface area contributed by atoms with E-state index < -0.39 is 17.6 Å². The van der Waals surface area contributed by atoms with Gasteiger partial charge in [-0.15, -0.1) is 0 Å². The molecule has 0 radical (unpaired) electrons. The highest BCUT2D eigenvalue weighted by molar-refractivity contribution is 5.94. The van der Waals surface area contributed by atoms with Gasteiger partial charge in [0.05, 0.1) is 5.56 Å². The highest BCUT2D eigenvalue weighted by Gasteiger charge is 2.30. The molecule has 1 aromatic rings. The van der Waals surface area contributed by atoms with Crippen LogP contribution < -0.4 is 16.0 Å². The fourth-order valence-corrected chi connectivity index (χ4v) is 2.26. The number of nitrogens with one attached hydrogen (secondary N) is 3. The number of rotatable bonds is 11. The van der Waals surface area contributed by atoms with Gasteiger partial charge in [-0.3, -0.25) is 9.79 Å². The number of carbonyl (C=O) groups is 1. The predicted octanol–water partition coefficient (Wildman–Crippen LogP) is 2.81. The molecule has 0 aliphatic rings. The number of benzene rings is 1. The molecule has 0 saturated heterocycles. The quantitative estimate of drug-likeness (QED) is 0.302. The number of guanidine groups is 1. The maximum atomic E-state index is 12.5. The molecule has 1 amide bonds. The number of ether oxygens (including phenoxy) is 1. The van der Waals surface area contributed by atoms with Crippen molar-refractivity contribution in [3.05, 3.63) is 35.4 Å². The minimum Gasteiger partial charge on any atom is -0.382 e. The second-order valence-corrected chi connectivity index (χ2v) is 5.92. The van der Waals surface area contributed by atoms with Crippen LogP contribution in [0, 0.1) is 0 Å². The Morgan fingerprint density at radius 1 is 1.04 bits per heavy atom. The van der Waals surface area contributed by atoms with Gasteiger partial charge in [-0.1, -0.05) is 0 Å². The third kappa shape index (κ3) is 9.59. The summed E-state index contributed by atoms with van der Waals surface area (Å²) < 4.78 is 42.9. The van der Waals surface area contributed by atoms with Crippen molar-refractivity contribution in [2.75, 3.05) is 39.4 Å². The standard InChI is InChI=1S/C19H29F3N4O2/c1-3-23-18(25-11-5-6-14-28-4-2)26-13-12-24-17(27)15-7-9-16(10-8-15)19(20,21)22/h7-10H,3-6,11-14H2,1-2H3,(H,24,27)(H2,23,25,26). The van der Waals surface area contributed by atoms with Crippen LogP contribution in [0.5, 0.6) is 0 Å². The van der Waals surface area contributed by atoms with E-state index in [1.165, 1.54) is 12.1 Å². The predicted molar refractivity (Wildman–Crippen MR) is 103 cm³/mol. The second kappa shape index (κ2) is 13.0. The molecule has 1 aromatic carbocycles. The van der Waals surface area contributed by atoms with Crippen LogP contribution in [-0.4, -0.2) is 51.3 Å². The van der Waals surface area contributed by atoms with E-state index in [0.29, 0.717) is 38.7 Å². The van der Waals surface area contributed by atoms with Crippen LogP contribution in [0.4, 0.5) is 13.2 Å². The largest absolute Gasteiger partial charge is 0.416 e. The van der Waals surface area contributed by atoms with Crippen molar-refractivity contribution in [1.82, 2.24) is 16.0 Å². The summed E-state index contributed by atoms with van der Waals surface area (Å²) in [6.45, 7) is 7.49. The van der Waals surface area contributed by atoms with E-state index >= 15 is 0 Å². The fourth-order valence-electron chi connectivity index (χ4n) is 2.26. The molecule has 158 valence electrons. The molecule has 0 unspecified atom stereocenters. The first-order valence-corrected chi connectivity index (χ1v) is 9.43. The van der Waals surface area contributed by atoms with Crippen molar-refractivity contribution in [2.24, 2.45) is 4.99 Å². The monoisotopic (exact) mass is 402 g/mol. The zero-order valence-corrected chi connectivity index (χ0v) is 16.4. The first-order chi connectivity index (χ1) is 13.4. The molecule has 3 N–H and O–H groups in total. The third-order valence-electron chi connectivity index (χ3n) is 3.69. The molecule has 1 rings (SSSR count). The number of nitrogens with zero attached hydrogens (tertiary/aromatic N) is 1. The Morgan fingerprint density at radius 3 is 2.32 bits per heavy atom. The van der Waals surface area contributed by atoms with Crippen LogP contribution in [0.15, 0.2) is 29.3 Å². The van der Waals surface area contributed by atoms with E-state index in [2.05, 4.69) is 20.9 Å². The molecule has 0 aromatic heterocycles. The van der Waals surface area contributed by atoms with Crippen molar-refractivity contribution >= 4 is 11.9 Å². The minimum absolute atomic E-state index is 0.183. The molecule has 6 nitrogen and oxygen atoms in total. The molecule has 0 fully saturated rings. The number of amides is 1. The average molecular weight is 402 g/mol. The fraction of sp³-hybridized carbons (Fsp3) is 0.579. The molecule has 0 saturated carbocycles. The summed E-state index contributed by atoms with van der Waals surface area (Å²) in [6.07, 6.45) is -2.55. The summed E-state index contributed by atoms with van der Waals surface area (Å²) in [6, 6.07) is 4.13. The molecule has 0 spiro atoms. The highest BCUT2D eigenvalue weighted by Crippen LogP contribution is 2.28. The lowest BCUT2D eigenvalue weighted by molar-refractivity contribution is -0.137. The molecule has 0 aliphatic heterocycles. The molecule has 0 aliphatic carbocycles. The molecular weight excluding hydrogens is 373 g/mol. The van der Waals surface area contributed by atoms with Gasteiger partial charge in [0.2, 0.25) is 0 Å². The van der Waals surface area contributed by atoms with E-state index in [9.17, 15) is 18.0 Å².